The van der Waals surface area contributed by atoms with Crippen LogP contribution in [0.5, 0.6) is 0 Å². The summed E-state index contributed by atoms with van der Waals surface area (Å²) in [6.07, 6.45) is 1.92. The van der Waals surface area contributed by atoms with Gasteiger partial charge in [-0.3, -0.25) is 4.68 Å². The van der Waals surface area contributed by atoms with Gasteiger partial charge in [-0.15, -0.1) is 0 Å². The van der Waals surface area contributed by atoms with Gasteiger partial charge in [0.05, 0.1) is 31.5 Å². The number of nitrogens with zero attached hydrogens (tertiary/aromatic N) is 2. The minimum atomic E-state index is 0.256. The molecule has 0 N–H and O–H groups in total. The monoisotopic (exact) mass is 280 g/mol. The summed E-state index contributed by atoms with van der Waals surface area (Å²) >= 11 is 3.47. The van der Waals surface area contributed by atoms with Gasteiger partial charge in [-0.1, -0.05) is 22.9 Å². The topological polar surface area (TPSA) is 27.1 Å². The summed E-state index contributed by atoms with van der Waals surface area (Å²) in [6.45, 7) is 4.84. The van der Waals surface area contributed by atoms with Gasteiger partial charge in [0.1, 0.15) is 0 Å². The lowest BCUT2D eigenvalue weighted by molar-refractivity contribution is -0.111. The quantitative estimate of drug-likeness (QED) is 0.846. The highest BCUT2D eigenvalue weighted by Crippen LogP contribution is 2.30. The van der Waals surface area contributed by atoms with Gasteiger partial charge >= 0.3 is 0 Å². The molecule has 0 unspecified atom stereocenters. The molecule has 2 aromatic rings. The number of halogens is 1. The van der Waals surface area contributed by atoms with Crippen molar-refractivity contribution in [1.82, 2.24) is 9.78 Å². The fourth-order valence-electron chi connectivity index (χ4n) is 2.09. The first-order valence-corrected chi connectivity index (χ1v) is 6.14. The van der Waals surface area contributed by atoms with E-state index in [1.54, 1.807) is 0 Å². The molecule has 0 amide bonds. The molecule has 1 aliphatic rings. The van der Waals surface area contributed by atoms with Crippen LogP contribution in [-0.2, 0) is 11.3 Å². The molecule has 3 rings (SSSR count). The zero-order chi connectivity index (χ0) is 11.2. The number of hydrogen-bond acceptors (Lipinski definition) is 2. The lowest BCUT2D eigenvalue weighted by atomic mass is 9.89. The molecular weight excluding hydrogens is 268 g/mol. The Balaban J connectivity index is 1.98. The van der Waals surface area contributed by atoms with Crippen molar-refractivity contribution in [2.24, 2.45) is 5.41 Å². The predicted octanol–water partition coefficient (Wildman–Crippen LogP) is 2.84. The van der Waals surface area contributed by atoms with Gasteiger partial charge in [0.25, 0.3) is 0 Å². The minimum absolute atomic E-state index is 0.256. The fraction of sp³-hybridized carbons (Fsp3) is 0.417. The molecule has 0 bridgehead atoms. The zero-order valence-corrected chi connectivity index (χ0v) is 10.7. The minimum Gasteiger partial charge on any atom is -0.380 e. The van der Waals surface area contributed by atoms with Gasteiger partial charge < -0.3 is 4.74 Å². The SMILES string of the molecule is CC1(Cn2ncc3cc(Br)ccc32)COC1. The van der Waals surface area contributed by atoms with Crippen LogP contribution in [-0.4, -0.2) is 23.0 Å². The van der Waals surface area contributed by atoms with Crippen LogP contribution in [0.4, 0.5) is 0 Å². The second kappa shape index (κ2) is 3.57. The van der Waals surface area contributed by atoms with Gasteiger partial charge in [0, 0.05) is 15.3 Å². The Labute approximate surface area is 103 Å². The average Bonchev–Trinajstić information content (AvgIpc) is 2.58. The van der Waals surface area contributed by atoms with Crippen molar-refractivity contribution in [3.05, 3.63) is 28.9 Å². The predicted molar refractivity (Wildman–Crippen MR) is 66.4 cm³/mol. The van der Waals surface area contributed by atoms with Crippen molar-refractivity contribution in [3.63, 3.8) is 0 Å². The third-order valence-electron chi connectivity index (χ3n) is 3.04. The van der Waals surface area contributed by atoms with Gasteiger partial charge in [0.2, 0.25) is 0 Å². The molecule has 1 aliphatic heterocycles. The maximum absolute atomic E-state index is 5.27. The van der Waals surface area contributed by atoms with E-state index in [-0.39, 0.29) is 5.41 Å². The molecule has 0 radical (unpaired) electrons. The molecule has 2 heterocycles. The molecule has 3 nitrogen and oxygen atoms in total. The summed E-state index contributed by atoms with van der Waals surface area (Å²) in [7, 11) is 0. The van der Waals surface area contributed by atoms with E-state index in [1.165, 1.54) is 10.9 Å². The molecule has 0 atom stereocenters. The van der Waals surface area contributed by atoms with E-state index >= 15 is 0 Å². The van der Waals surface area contributed by atoms with Crippen LogP contribution in [0, 0.1) is 5.41 Å². The number of rotatable bonds is 2. The summed E-state index contributed by atoms with van der Waals surface area (Å²) in [4.78, 5) is 0. The maximum Gasteiger partial charge on any atom is 0.0683 e. The van der Waals surface area contributed by atoms with E-state index < -0.39 is 0 Å². The van der Waals surface area contributed by atoms with Gasteiger partial charge in [-0.05, 0) is 18.2 Å². The summed E-state index contributed by atoms with van der Waals surface area (Å²) < 4.78 is 8.44. The number of aromatic nitrogens is 2. The summed E-state index contributed by atoms with van der Waals surface area (Å²) in [6, 6.07) is 6.26. The van der Waals surface area contributed by atoms with E-state index in [2.05, 4.69) is 50.8 Å². The first-order chi connectivity index (χ1) is 7.66. The standard InChI is InChI=1S/C12H13BrN2O/c1-12(7-16-8-12)6-15-11-3-2-10(13)4-9(11)5-14-15/h2-5H,6-8H2,1H3. The third-order valence-corrected chi connectivity index (χ3v) is 3.53. The number of hydrogen-bond donors (Lipinski definition) is 0. The largest absolute Gasteiger partial charge is 0.380 e. The van der Waals surface area contributed by atoms with Crippen molar-refractivity contribution in [3.8, 4) is 0 Å². The van der Waals surface area contributed by atoms with Crippen LogP contribution >= 0.6 is 15.9 Å². The van der Waals surface area contributed by atoms with E-state index in [1.807, 2.05) is 6.20 Å². The summed E-state index contributed by atoms with van der Waals surface area (Å²) in [5, 5.41) is 5.62. The molecule has 1 saturated heterocycles. The van der Waals surface area contributed by atoms with Crippen LogP contribution in [0.15, 0.2) is 28.9 Å². The molecule has 84 valence electrons. The first-order valence-electron chi connectivity index (χ1n) is 5.35. The Bertz CT molecular complexity index is 531. The van der Waals surface area contributed by atoms with E-state index in [0.29, 0.717) is 0 Å². The summed E-state index contributed by atoms with van der Waals surface area (Å²) in [5.41, 5.74) is 1.45. The molecule has 0 spiro atoms. The average molecular weight is 281 g/mol. The molecule has 1 fully saturated rings. The molecular formula is C12H13BrN2O. The molecule has 0 aliphatic carbocycles. The Hall–Kier alpha value is -0.870. The Morgan fingerprint density at radius 1 is 1.50 bits per heavy atom. The molecule has 16 heavy (non-hydrogen) atoms. The van der Waals surface area contributed by atoms with Gasteiger partial charge in [-0.25, -0.2) is 0 Å². The molecule has 4 heteroatoms. The van der Waals surface area contributed by atoms with E-state index in [4.69, 9.17) is 4.74 Å². The van der Waals surface area contributed by atoms with Gasteiger partial charge in [-0.2, -0.15) is 5.10 Å². The molecule has 1 aromatic heterocycles. The van der Waals surface area contributed by atoms with Crippen molar-refractivity contribution in [2.45, 2.75) is 13.5 Å². The first kappa shape index (κ1) is 10.3. The molecule has 1 aromatic carbocycles. The van der Waals surface area contributed by atoms with Crippen LogP contribution in [0.25, 0.3) is 10.9 Å². The smallest absolute Gasteiger partial charge is 0.0683 e. The van der Waals surface area contributed by atoms with Crippen LogP contribution in [0.2, 0.25) is 0 Å². The zero-order valence-electron chi connectivity index (χ0n) is 9.11. The van der Waals surface area contributed by atoms with Crippen molar-refractivity contribution in [2.75, 3.05) is 13.2 Å². The van der Waals surface area contributed by atoms with Crippen LogP contribution < -0.4 is 0 Å². The molecule has 0 saturated carbocycles. The third kappa shape index (κ3) is 1.66. The lowest BCUT2D eigenvalue weighted by Crippen LogP contribution is -2.43. The van der Waals surface area contributed by atoms with E-state index in [9.17, 15) is 0 Å². The van der Waals surface area contributed by atoms with Crippen LogP contribution in [0.1, 0.15) is 6.92 Å². The highest BCUT2D eigenvalue weighted by molar-refractivity contribution is 9.10. The van der Waals surface area contributed by atoms with Crippen molar-refractivity contribution in [1.29, 1.82) is 0 Å². The van der Waals surface area contributed by atoms with E-state index in [0.717, 1.165) is 24.2 Å². The normalized spacial score (nSPS) is 18.6. The number of fused-ring (bicyclic) bond motifs is 1. The van der Waals surface area contributed by atoms with Crippen LogP contribution in [0.3, 0.4) is 0 Å². The van der Waals surface area contributed by atoms with Gasteiger partial charge in [0.15, 0.2) is 0 Å². The summed E-state index contributed by atoms with van der Waals surface area (Å²) in [5.74, 6) is 0. The second-order valence-electron chi connectivity index (χ2n) is 4.81. The maximum atomic E-state index is 5.27. The highest BCUT2D eigenvalue weighted by atomic mass is 79.9. The second-order valence-corrected chi connectivity index (χ2v) is 5.72. The Morgan fingerprint density at radius 3 is 3.00 bits per heavy atom. The Morgan fingerprint density at radius 2 is 2.31 bits per heavy atom. The number of benzene rings is 1. The number of ether oxygens (including phenoxy) is 1. The van der Waals surface area contributed by atoms with Crippen molar-refractivity contribution >= 4 is 26.8 Å². The van der Waals surface area contributed by atoms with Crippen molar-refractivity contribution < 1.29 is 4.74 Å². The highest BCUT2D eigenvalue weighted by Gasteiger charge is 2.34. The fourth-order valence-corrected chi connectivity index (χ4v) is 2.47. The lowest BCUT2D eigenvalue weighted by Gasteiger charge is -2.37. The Kier molecular flexibility index (Phi) is 2.30.